The van der Waals surface area contributed by atoms with Crippen LogP contribution < -0.4 is 5.32 Å². The van der Waals surface area contributed by atoms with E-state index in [1.54, 1.807) is 6.92 Å². The first kappa shape index (κ1) is 15.5. The van der Waals surface area contributed by atoms with E-state index in [9.17, 15) is 24.1 Å². The standard InChI is InChI=1S/C12H13FN2O5/c1-7(5-12(17)18)4-11(16)14-9-3-2-8(13)6-10(9)15(19)20/h2-3,6-7H,4-5H2,1H3,(H,14,16)(H,17,18). The van der Waals surface area contributed by atoms with Crippen molar-refractivity contribution in [1.82, 2.24) is 0 Å². The number of carbonyl (C=O) groups is 2. The molecule has 8 heteroatoms. The van der Waals surface area contributed by atoms with Gasteiger partial charge in [0.2, 0.25) is 5.91 Å². The molecule has 1 aromatic carbocycles. The van der Waals surface area contributed by atoms with Crippen molar-refractivity contribution < 1.29 is 24.0 Å². The van der Waals surface area contributed by atoms with Gasteiger partial charge >= 0.3 is 5.97 Å². The van der Waals surface area contributed by atoms with Gasteiger partial charge in [0.05, 0.1) is 11.0 Å². The van der Waals surface area contributed by atoms with Gasteiger partial charge in [0, 0.05) is 12.8 Å². The van der Waals surface area contributed by atoms with Crippen molar-refractivity contribution in [3.05, 3.63) is 34.1 Å². The molecule has 0 aliphatic rings. The highest BCUT2D eigenvalue weighted by Gasteiger charge is 2.18. The number of amides is 1. The van der Waals surface area contributed by atoms with Crippen LogP contribution in [0.15, 0.2) is 18.2 Å². The first-order valence-electron chi connectivity index (χ1n) is 5.75. The number of nitrogens with zero attached hydrogens (tertiary/aromatic N) is 1. The van der Waals surface area contributed by atoms with Gasteiger partial charge in [-0.15, -0.1) is 0 Å². The van der Waals surface area contributed by atoms with E-state index in [1.807, 2.05) is 0 Å². The summed E-state index contributed by atoms with van der Waals surface area (Å²) in [6.45, 7) is 1.58. The van der Waals surface area contributed by atoms with Crippen LogP contribution in [-0.2, 0) is 9.59 Å². The molecule has 2 N–H and O–H groups in total. The smallest absolute Gasteiger partial charge is 0.303 e. The molecule has 0 aromatic heterocycles. The average molecular weight is 284 g/mol. The van der Waals surface area contributed by atoms with E-state index in [4.69, 9.17) is 5.11 Å². The highest BCUT2D eigenvalue weighted by Crippen LogP contribution is 2.25. The number of hydrogen-bond acceptors (Lipinski definition) is 4. The molecule has 0 bridgehead atoms. The summed E-state index contributed by atoms with van der Waals surface area (Å²) in [5.74, 6) is -2.78. The lowest BCUT2D eigenvalue weighted by Crippen LogP contribution is -2.17. The lowest BCUT2D eigenvalue weighted by molar-refractivity contribution is -0.384. The van der Waals surface area contributed by atoms with Crippen LogP contribution in [0.3, 0.4) is 0 Å². The molecule has 1 unspecified atom stereocenters. The van der Waals surface area contributed by atoms with Crippen LogP contribution in [0.4, 0.5) is 15.8 Å². The number of carboxylic acids is 1. The van der Waals surface area contributed by atoms with E-state index >= 15 is 0 Å². The molecule has 0 radical (unpaired) electrons. The Kier molecular flexibility index (Phi) is 5.13. The molecule has 0 spiro atoms. The summed E-state index contributed by atoms with van der Waals surface area (Å²) < 4.78 is 12.9. The molecule has 7 nitrogen and oxygen atoms in total. The van der Waals surface area contributed by atoms with Crippen molar-refractivity contribution in [2.75, 3.05) is 5.32 Å². The van der Waals surface area contributed by atoms with Crippen LogP contribution in [0.1, 0.15) is 19.8 Å². The second-order valence-corrected chi connectivity index (χ2v) is 4.37. The molecular formula is C12H13FN2O5. The first-order chi connectivity index (χ1) is 9.29. The largest absolute Gasteiger partial charge is 0.481 e. The maximum Gasteiger partial charge on any atom is 0.303 e. The average Bonchev–Trinajstić information content (AvgIpc) is 2.29. The van der Waals surface area contributed by atoms with E-state index in [0.717, 1.165) is 12.1 Å². The van der Waals surface area contributed by atoms with Gasteiger partial charge in [-0.2, -0.15) is 0 Å². The zero-order chi connectivity index (χ0) is 15.3. The normalized spacial score (nSPS) is 11.7. The summed E-state index contributed by atoms with van der Waals surface area (Å²) in [5, 5.41) is 21.6. The molecule has 1 amide bonds. The topological polar surface area (TPSA) is 110 Å². The van der Waals surface area contributed by atoms with Gasteiger partial charge in [0.25, 0.3) is 5.69 Å². The second-order valence-electron chi connectivity index (χ2n) is 4.37. The van der Waals surface area contributed by atoms with Gasteiger partial charge in [-0.3, -0.25) is 19.7 Å². The summed E-state index contributed by atoms with van der Waals surface area (Å²) in [7, 11) is 0. The Morgan fingerprint density at radius 2 is 2.10 bits per heavy atom. The van der Waals surface area contributed by atoms with Crippen LogP contribution >= 0.6 is 0 Å². The summed E-state index contributed by atoms with van der Waals surface area (Å²) in [6, 6.07) is 2.78. The van der Waals surface area contributed by atoms with Gasteiger partial charge in [0.15, 0.2) is 0 Å². The number of nitro groups is 1. The van der Waals surface area contributed by atoms with Crippen LogP contribution in [-0.4, -0.2) is 21.9 Å². The van der Waals surface area contributed by atoms with Crippen molar-refractivity contribution in [3.8, 4) is 0 Å². The molecule has 0 saturated heterocycles. The lowest BCUT2D eigenvalue weighted by atomic mass is 10.0. The van der Waals surface area contributed by atoms with Crippen LogP contribution in [0.2, 0.25) is 0 Å². The third kappa shape index (κ3) is 4.63. The Bertz CT molecular complexity index is 547. The zero-order valence-corrected chi connectivity index (χ0v) is 10.6. The number of nitro benzene ring substituents is 1. The fourth-order valence-electron chi connectivity index (χ4n) is 1.65. The van der Waals surface area contributed by atoms with Crippen molar-refractivity contribution in [3.63, 3.8) is 0 Å². The number of hydrogen-bond donors (Lipinski definition) is 2. The monoisotopic (exact) mass is 284 g/mol. The third-order valence-corrected chi connectivity index (χ3v) is 2.49. The van der Waals surface area contributed by atoms with Crippen molar-refractivity contribution in [2.24, 2.45) is 5.92 Å². The Labute approximate surface area is 113 Å². The number of aliphatic carboxylic acids is 1. The summed E-state index contributed by atoms with van der Waals surface area (Å²) in [5.41, 5.74) is -0.673. The highest BCUT2D eigenvalue weighted by atomic mass is 19.1. The number of nitrogens with one attached hydrogen (secondary N) is 1. The van der Waals surface area contributed by atoms with E-state index in [1.165, 1.54) is 0 Å². The third-order valence-electron chi connectivity index (χ3n) is 2.49. The Balaban J connectivity index is 2.76. The number of carboxylic acid groups (broad SMARTS) is 1. The summed E-state index contributed by atoms with van der Waals surface area (Å²) >= 11 is 0. The van der Waals surface area contributed by atoms with Crippen molar-refractivity contribution in [2.45, 2.75) is 19.8 Å². The van der Waals surface area contributed by atoms with Crippen LogP contribution in [0.25, 0.3) is 0 Å². The Hall–Kier alpha value is -2.51. The van der Waals surface area contributed by atoms with E-state index in [2.05, 4.69) is 5.32 Å². The summed E-state index contributed by atoms with van der Waals surface area (Å²) in [4.78, 5) is 32.0. The van der Waals surface area contributed by atoms with Gasteiger partial charge in [-0.25, -0.2) is 4.39 Å². The second kappa shape index (κ2) is 6.60. The maximum atomic E-state index is 12.9. The first-order valence-corrected chi connectivity index (χ1v) is 5.75. The number of rotatable bonds is 6. The molecular weight excluding hydrogens is 271 g/mol. The number of carbonyl (C=O) groups excluding carboxylic acids is 1. The fourth-order valence-corrected chi connectivity index (χ4v) is 1.65. The van der Waals surface area contributed by atoms with E-state index in [0.29, 0.717) is 6.07 Å². The minimum Gasteiger partial charge on any atom is -0.481 e. The molecule has 1 rings (SSSR count). The molecule has 1 atom stereocenters. The van der Waals surface area contributed by atoms with Gasteiger partial charge in [-0.1, -0.05) is 6.92 Å². The number of anilines is 1. The predicted molar refractivity (Wildman–Crippen MR) is 67.7 cm³/mol. The fraction of sp³-hybridized carbons (Fsp3) is 0.333. The maximum absolute atomic E-state index is 12.9. The molecule has 20 heavy (non-hydrogen) atoms. The number of benzene rings is 1. The van der Waals surface area contributed by atoms with Gasteiger partial charge in [0.1, 0.15) is 11.5 Å². The summed E-state index contributed by atoms with van der Waals surface area (Å²) in [6.07, 6.45) is -0.278. The molecule has 0 saturated carbocycles. The molecule has 0 aliphatic carbocycles. The van der Waals surface area contributed by atoms with Crippen LogP contribution in [0, 0.1) is 21.8 Å². The minimum absolute atomic E-state index is 0.0964. The SMILES string of the molecule is CC(CC(=O)O)CC(=O)Nc1ccc(F)cc1[N+](=O)[O-]. The minimum atomic E-state index is -1.03. The predicted octanol–water partition coefficient (Wildman–Crippen LogP) is 2.17. The van der Waals surface area contributed by atoms with Gasteiger partial charge < -0.3 is 10.4 Å². The number of halogens is 1. The molecule has 1 aromatic rings. The zero-order valence-electron chi connectivity index (χ0n) is 10.6. The van der Waals surface area contributed by atoms with Crippen molar-refractivity contribution in [1.29, 1.82) is 0 Å². The Morgan fingerprint density at radius 3 is 2.65 bits per heavy atom. The van der Waals surface area contributed by atoms with E-state index in [-0.39, 0.29) is 18.5 Å². The lowest BCUT2D eigenvalue weighted by Gasteiger charge is -2.09. The van der Waals surface area contributed by atoms with E-state index < -0.39 is 34.2 Å². The van der Waals surface area contributed by atoms with Gasteiger partial charge in [-0.05, 0) is 18.1 Å². The van der Waals surface area contributed by atoms with Crippen LogP contribution in [0.5, 0.6) is 0 Å². The Morgan fingerprint density at radius 1 is 1.45 bits per heavy atom. The highest BCUT2D eigenvalue weighted by molar-refractivity contribution is 5.93. The quantitative estimate of drug-likeness (QED) is 0.614. The van der Waals surface area contributed by atoms with Crippen molar-refractivity contribution >= 4 is 23.3 Å². The molecule has 0 fully saturated rings. The molecule has 0 aliphatic heterocycles. The molecule has 0 heterocycles. The molecule has 108 valence electrons.